The molecule has 1 atom stereocenters. The average molecular weight is 248 g/mol. The minimum absolute atomic E-state index is 0.261. The molecule has 3 nitrogen and oxygen atoms in total. The summed E-state index contributed by atoms with van der Waals surface area (Å²) in [5.74, 6) is 0.440. The van der Waals surface area contributed by atoms with E-state index in [9.17, 15) is 4.39 Å². The Morgan fingerprint density at radius 3 is 2.89 bits per heavy atom. The molecule has 0 aliphatic carbocycles. The maximum Gasteiger partial charge on any atom is 0.146 e. The first-order valence-corrected chi connectivity index (χ1v) is 6.10. The van der Waals surface area contributed by atoms with Crippen molar-refractivity contribution in [3.8, 4) is 0 Å². The van der Waals surface area contributed by atoms with Gasteiger partial charge < -0.3 is 9.73 Å². The Labute approximate surface area is 106 Å². The van der Waals surface area contributed by atoms with E-state index in [1.807, 2.05) is 13.0 Å². The van der Waals surface area contributed by atoms with Gasteiger partial charge in [-0.1, -0.05) is 6.92 Å². The summed E-state index contributed by atoms with van der Waals surface area (Å²) < 4.78 is 19.3. The lowest BCUT2D eigenvalue weighted by Crippen LogP contribution is -2.24. The molecule has 0 bridgehead atoms. The van der Waals surface area contributed by atoms with Gasteiger partial charge >= 0.3 is 0 Å². The monoisotopic (exact) mass is 248 g/mol. The van der Waals surface area contributed by atoms with E-state index >= 15 is 0 Å². The standard InChI is InChI=1S/C14H17FN2O/c1-3-6-17-13(14-10(2)5-8-18-14)11-4-7-16-9-12(11)15/h4-5,7-9,13,17H,3,6H2,1-2H3. The van der Waals surface area contributed by atoms with Gasteiger partial charge in [0.15, 0.2) is 0 Å². The number of aromatic nitrogens is 1. The van der Waals surface area contributed by atoms with Crippen LogP contribution in [-0.4, -0.2) is 11.5 Å². The lowest BCUT2D eigenvalue weighted by atomic mass is 10.0. The van der Waals surface area contributed by atoms with E-state index in [1.54, 1.807) is 18.5 Å². The van der Waals surface area contributed by atoms with Crippen LogP contribution in [0.5, 0.6) is 0 Å². The highest BCUT2D eigenvalue weighted by molar-refractivity contribution is 5.30. The van der Waals surface area contributed by atoms with Gasteiger partial charge in [-0.3, -0.25) is 4.98 Å². The zero-order valence-electron chi connectivity index (χ0n) is 10.6. The number of hydrogen-bond donors (Lipinski definition) is 1. The smallest absolute Gasteiger partial charge is 0.146 e. The summed E-state index contributed by atoms with van der Waals surface area (Å²) in [5, 5.41) is 3.31. The molecule has 18 heavy (non-hydrogen) atoms. The lowest BCUT2D eigenvalue weighted by Gasteiger charge is -2.18. The first-order valence-electron chi connectivity index (χ1n) is 6.10. The Bertz CT molecular complexity index is 510. The van der Waals surface area contributed by atoms with Crippen molar-refractivity contribution in [3.05, 3.63) is 53.5 Å². The van der Waals surface area contributed by atoms with Gasteiger partial charge in [-0.2, -0.15) is 0 Å². The van der Waals surface area contributed by atoms with Gasteiger partial charge in [0.1, 0.15) is 11.6 Å². The second kappa shape index (κ2) is 5.78. The largest absolute Gasteiger partial charge is 0.467 e. The van der Waals surface area contributed by atoms with Crippen LogP contribution < -0.4 is 5.32 Å². The Balaban J connectivity index is 2.37. The minimum atomic E-state index is -0.318. The highest BCUT2D eigenvalue weighted by Crippen LogP contribution is 2.27. The van der Waals surface area contributed by atoms with Crippen LogP contribution in [-0.2, 0) is 0 Å². The molecule has 0 saturated carbocycles. The minimum Gasteiger partial charge on any atom is -0.467 e. The number of aryl methyl sites for hydroxylation is 1. The predicted molar refractivity (Wildman–Crippen MR) is 67.8 cm³/mol. The van der Waals surface area contributed by atoms with E-state index < -0.39 is 0 Å². The molecule has 0 aliphatic heterocycles. The van der Waals surface area contributed by atoms with Gasteiger partial charge in [0.05, 0.1) is 18.5 Å². The summed E-state index contributed by atoms with van der Waals surface area (Å²) in [6.45, 7) is 4.83. The molecule has 0 aromatic carbocycles. The van der Waals surface area contributed by atoms with Crippen LogP contribution >= 0.6 is 0 Å². The summed E-state index contributed by atoms with van der Waals surface area (Å²) >= 11 is 0. The quantitative estimate of drug-likeness (QED) is 0.883. The predicted octanol–water partition coefficient (Wildman–Crippen LogP) is 3.21. The molecule has 2 heterocycles. The molecule has 1 N–H and O–H groups in total. The highest BCUT2D eigenvalue weighted by atomic mass is 19.1. The van der Waals surface area contributed by atoms with Gasteiger partial charge in [-0.25, -0.2) is 4.39 Å². The van der Waals surface area contributed by atoms with Crippen molar-refractivity contribution in [2.45, 2.75) is 26.3 Å². The van der Waals surface area contributed by atoms with Crippen molar-refractivity contribution < 1.29 is 8.81 Å². The zero-order chi connectivity index (χ0) is 13.0. The number of hydrogen-bond acceptors (Lipinski definition) is 3. The van der Waals surface area contributed by atoms with E-state index in [2.05, 4.69) is 17.2 Å². The third-order valence-electron chi connectivity index (χ3n) is 2.88. The topological polar surface area (TPSA) is 38.1 Å². The van der Waals surface area contributed by atoms with Gasteiger partial charge in [0, 0.05) is 11.8 Å². The van der Waals surface area contributed by atoms with E-state index in [-0.39, 0.29) is 11.9 Å². The van der Waals surface area contributed by atoms with E-state index in [0.717, 1.165) is 24.3 Å². The van der Waals surface area contributed by atoms with Crippen molar-refractivity contribution in [1.82, 2.24) is 10.3 Å². The van der Waals surface area contributed by atoms with Crippen LogP contribution in [0.2, 0.25) is 0 Å². The number of nitrogens with one attached hydrogen (secondary N) is 1. The van der Waals surface area contributed by atoms with Crippen LogP contribution in [0.15, 0.2) is 35.2 Å². The zero-order valence-corrected chi connectivity index (χ0v) is 10.6. The normalized spacial score (nSPS) is 12.6. The maximum absolute atomic E-state index is 13.8. The van der Waals surface area contributed by atoms with Crippen LogP contribution in [0.3, 0.4) is 0 Å². The average Bonchev–Trinajstić information content (AvgIpc) is 2.78. The number of pyridine rings is 1. The molecule has 0 fully saturated rings. The summed E-state index contributed by atoms with van der Waals surface area (Å²) in [4.78, 5) is 3.78. The molecule has 2 rings (SSSR count). The summed E-state index contributed by atoms with van der Waals surface area (Å²) in [7, 11) is 0. The van der Waals surface area contributed by atoms with Gasteiger partial charge in [0.2, 0.25) is 0 Å². The Morgan fingerprint density at radius 1 is 1.44 bits per heavy atom. The molecule has 4 heteroatoms. The molecule has 0 saturated heterocycles. The van der Waals surface area contributed by atoms with E-state index in [0.29, 0.717) is 5.56 Å². The van der Waals surface area contributed by atoms with Crippen LogP contribution in [0, 0.1) is 12.7 Å². The van der Waals surface area contributed by atoms with Crippen molar-refractivity contribution in [2.75, 3.05) is 6.54 Å². The Hall–Kier alpha value is -1.68. The van der Waals surface area contributed by atoms with Crippen LogP contribution in [0.4, 0.5) is 4.39 Å². The van der Waals surface area contributed by atoms with Gasteiger partial charge in [-0.05, 0) is 37.6 Å². The SMILES string of the molecule is CCCNC(c1ccncc1F)c1occc1C. The molecule has 96 valence electrons. The molecule has 1 unspecified atom stereocenters. The van der Waals surface area contributed by atoms with Crippen LogP contribution in [0.1, 0.15) is 36.3 Å². The molecular formula is C14H17FN2O. The Kier molecular flexibility index (Phi) is 4.10. The summed E-state index contributed by atoms with van der Waals surface area (Å²) in [6.07, 6.45) is 5.43. The second-order valence-corrected chi connectivity index (χ2v) is 4.25. The van der Waals surface area contributed by atoms with E-state index in [4.69, 9.17) is 4.42 Å². The number of furan rings is 1. The number of nitrogens with zero attached hydrogens (tertiary/aromatic N) is 1. The third kappa shape index (κ3) is 2.59. The second-order valence-electron chi connectivity index (χ2n) is 4.25. The third-order valence-corrected chi connectivity index (χ3v) is 2.88. The van der Waals surface area contributed by atoms with E-state index in [1.165, 1.54) is 6.20 Å². The van der Waals surface area contributed by atoms with Gasteiger partial charge in [-0.15, -0.1) is 0 Å². The first-order chi connectivity index (χ1) is 8.74. The maximum atomic E-state index is 13.8. The van der Waals surface area contributed by atoms with Crippen molar-refractivity contribution in [1.29, 1.82) is 0 Å². The molecule has 0 aliphatic rings. The highest BCUT2D eigenvalue weighted by Gasteiger charge is 2.21. The molecule has 0 amide bonds. The van der Waals surface area contributed by atoms with Crippen molar-refractivity contribution >= 4 is 0 Å². The molecule has 0 radical (unpaired) electrons. The van der Waals surface area contributed by atoms with Crippen molar-refractivity contribution in [3.63, 3.8) is 0 Å². The summed E-state index contributed by atoms with van der Waals surface area (Å²) in [6, 6.07) is 3.31. The molecule has 0 spiro atoms. The first kappa shape index (κ1) is 12.8. The molecule has 2 aromatic heterocycles. The fourth-order valence-electron chi connectivity index (χ4n) is 1.93. The molecule has 2 aromatic rings. The fraction of sp³-hybridized carbons (Fsp3) is 0.357. The Morgan fingerprint density at radius 2 is 2.28 bits per heavy atom. The molecular weight excluding hydrogens is 231 g/mol. The summed E-state index contributed by atoms with van der Waals surface area (Å²) in [5.41, 5.74) is 1.58. The number of rotatable bonds is 5. The van der Waals surface area contributed by atoms with Crippen LogP contribution in [0.25, 0.3) is 0 Å². The van der Waals surface area contributed by atoms with Crippen molar-refractivity contribution in [2.24, 2.45) is 0 Å². The number of halogens is 1. The lowest BCUT2D eigenvalue weighted by molar-refractivity contribution is 0.433. The fourth-order valence-corrected chi connectivity index (χ4v) is 1.93. The van der Waals surface area contributed by atoms with Gasteiger partial charge in [0.25, 0.3) is 0 Å².